The summed E-state index contributed by atoms with van der Waals surface area (Å²) >= 11 is 0. The molecule has 2 aliphatic heterocycles. The lowest BCUT2D eigenvalue weighted by Gasteiger charge is -2.25. The highest BCUT2D eigenvalue weighted by atomic mass is 16.5. The van der Waals surface area contributed by atoms with Crippen LogP contribution in [0.15, 0.2) is 24.3 Å². The van der Waals surface area contributed by atoms with Gasteiger partial charge in [-0.2, -0.15) is 0 Å². The molecule has 1 atom stereocenters. The summed E-state index contributed by atoms with van der Waals surface area (Å²) in [4.78, 5) is 12.4. The van der Waals surface area contributed by atoms with E-state index in [1.165, 1.54) is 18.4 Å². The predicted molar refractivity (Wildman–Crippen MR) is 88.6 cm³/mol. The van der Waals surface area contributed by atoms with Crippen LogP contribution >= 0.6 is 0 Å². The Labute approximate surface area is 141 Å². The van der Waals surface area contributed by atoms with Crippen LogP contribution in [0.1, 0.15) is 42.9 Å². The number of hydrogen-bond donors (Lipinski definition) is 1. The van der Waals surface area contributed by atoms with Crippen LogP contribution in [0.25, 0.3) is 0 Å². The number of hydrogen-bond acceptors (Lipinski definition) is 4. The number of para-hydroxylation sites is 1. The zero-order valence-electron chi connectivity index (χ0n) is 13.7. The molecule has 6 nitrogen and oxygen atoms in total. The molecule has 0 bridgehead atoms. The Kier molecular flexibility index (Phi) is 4.19. The molecule has 126 valence electrons. The highest BCUT2D eigenvalue weighted by Crippen LogP contribution is 2.27. The minimum atomic E-state index is -0.425. The van der Waals surface area contributed by atoms with Crippen molar-refractivity contribution in [3.8, 4) is 5.75 Å². The number of amides is 1. The molecule has 3 heterocycles. The number of fused-ring (bicyclic) bond motifs is 2. The molecule has 2 aromatic rings. The number of rotatable bonds is 3. The van der Waals surface area contributed by atoms with Crippen LogP contribution in [0, 0.1) is 0 Å². The van der Waals surface area contributed by atoms with Crippen LogP contribution in [-0.4, -0.2) is 26.8 Å². The molecule has 1 amide bonds. The molecule has 1 unspecified atom stereocenters. The molecule has 1 aromatic heterocycles. The number of carbonyl (C=O) groups excluding carboxylic acids is 1. The van der Waals surface area contributed by atoms with E-state index in [4.69, 9.17) is 4.74 Å². The Morgan fingerprint density at radius 2 is 2.12 bits per heavy atom. The lowest BCUT2D eigenvalue weighted by molar-refractivity contribution is -0.128. The standard InChI is InChI=1S/C18H22N4O2/c23-18(15-10-9-13-6-3-4-7-14(13)24-15)19-12-17-21-20-16-8-2-1-5-11-22(16)17/h3-4,6-7,15H,1-2,5,8-12H2,(H,19,23). The van der Waals surface area contributed by atoms with Gasteiger partial charge in [-0.25, -0.2) is 0 Å². The Morgan fingerprint density at radius 1 is 1.21 bits per heavy atom. The lowest BCUT2D eigenvalue weighted by Crippen LogP contribution is -2.40. The normalized spacial score (nSPS) is 19.6. The van der Waals surface area contributed by atoms with Crippen molar-refractivity contribution >= 4 is 5.91 Å². The summed E-state index contributed by atoms with van der Waals surface area (Å²) in [5.74, 6) is 2.63. The first-order valence-electron chi connectivity index (χ1n) is 8.74. The highest BCUT2D eigenvalue weighted by Gasteiger charge is 2.26. The third-order valence-corrected chi connectivity index (χ3v) is 4.82. The van der Waals surface area contributed by atoms with Gasteiger partial charge in [-0.15, -0.1) is 10.2 Å². The average Bonchev–Trinajstić information content (AvgIpc) is 2.85. The van der Waals surface area contributed by atoms with Gasteiger partial charge >= 0.3 is 0 Å². The van der Waals surface area contributed by atoms with Gasteiger partial charge in [0, 0.05) is 13.0 Å². The van der Waals surface area contributed by atoms with Gasteiger partial charge in [-0.05, 0) is 37.3 Å². The van der Waals surface area contributed by atoms with Crippen molar-refractivity contribution in [3.05, 3.63) is 41.5 Å². The zero-order chi connectivity index (χ0) is 16.4. The van der Waals surface area contributed by atoms with E-state index < -0.39 is 6.10 Å². The minimum Gasteiger partial charge on any atom is -0.480 e. The van der Waals surface area contributed by atoms with Gasteiger partial charge in [0.2, 0.25) is 0 Å². The Morgan fingerprint density at radius 3 is 3.08 bits per heavy atom. The largest absolute Gasteiger partial charge is 0.480 e. The van der Waals surface area contributed by atoms with Gasteiger partial charge in [0.1, 0.15) is 11.6 Å². The number of carbonyl (C=O) groups is 1. The van der Waals surface area contributed by atoms with Crippen molar-refractivity contribution in [2.24, 2.45) is 0 Å². The molecule has 4 rings (SSSR count). The van der Waals surface area contributed by atoms with Crippen LogP contribution in [0.2, 0.25) is 0 Å². The maximum atomic E-state index is 12.4. The molecular formula is C18H22N4O2. The van der Waals surface area contributed by atoms with E-state index in [0.29, 0.717) is 13.0 Å². The van der Waals surface area contributed by atoms with Gasteiger partial charge in [0.25, 0.3) is 5.91 Å². The van der Waals surface area contributed by atoms with Crippen LogP contribution in [-0.2, 0) is 30.7 Å². The van der Waals surface area contributed by atoms with Crippen molar-refractivity contribution in [2.75, 3.05) is 0 Å². The third kappa shape index (κ3) is 3.00. The molecule has 2 aliphatic rings. The molecule has 1 aromatic carbocycles. The van der Waals surface area contributed by atoms with Crippen LogP contribution in [0.4, 0.5) is 0 Å². The summed E-state index contributed by atoms with van der Waals surface area (Å²) in [6.45, 7) is 1.36. The van der Waals surface area contributed by atoms with Gasteiger partial charge in [-0.3, -0.25) is 4.79 Å². The van der Waals surface area contributed by atoms with E-state index in [9.17, 15) is 4.79 Å². The van der Waals surface area contributed by atoms with Crippen LogP contribution in [0.5, 0.6) is 5.75 Å². The number of nitrogens with one attached hydrogen (secondary N) is 1. The Balaban J connectivity index is 1.38. The molecule has 0 saturated heterocycles. The van der Waals surface area contributed by atoms with Crippen molar-refractivity contribution in [1.82, 2.24) is 20.1 Å². The molecule has 0 fully saturated rings. The maximum Gasteiger partial charge on any atom is 0.261 e. The maximum absolute atomic E-state index is 12.4. The van der Waals surface area contributed by atoms with Crippen LogP contribution in [0.3, 0.4) is 0 Å². The second-order valence-corrected chi connectivity index (χ2v) is 6.47. The number of aromatic nitrogens is 3. The van der Waals surface area contributed by atoms with Gasteiger partial charge in [0.05, 0.1) is 6.54 Å². The van der Waals surface area contributed by atoms with E-state index in [-0.39, 0.29) is 5.91 Å². The molecule has 0 spiro atoms. The quantitative estimate of drug-likeness (QED) is 0.937. The minimum absolute atomic E-state index is 0.0736. The smallest absolute Gasteiger partial charge is 0.261 e. The second kappa shape index (κ2) is 6.63. The van der Waals surface area contributed by atoms with Crippen molar-refractivity contribution in [2.45, 2.75) is 57.7 Å². The molecular weight excluding hydrogens is 304 g/mol. The second-order valence-electron chi connectivity index (χ2n) is 6.47. The molecule has 1 N–H and O–H groups in total. The predicted octanol–water partition coefficient (Wildman–Crippen LogP) is 2.01. The molecule has 6 heteroatoms. The van der Waals surface area contributed by atoms with E-state index in [1.807, 2.05) is 18.2 Å². The fraction of sp³-hybridized carbons (Fsp3) is 0.500. The number of nitrogens with zero attached hydrogens (tertiary/aromatic N) is 3. The van der Waals surface area contributed by atoms with E-state index in [0.717, 1.165) is 43.2 Å². The first-order chi connectivity index (χ1) is 11.8. The van der Waals surface area contributed by atoms with Crippen LogP contribution < -0.4 is 10.1 Å². The Bertz CT molecular complexity index is 740. The van der Waals surface area contributed by atoms with Gasteiger partial charge < -0.3 is 14.6 Å². The summed E-state index contributed by atoms with van der Waals surface area (Å²) < 4.78 is 8.00. The summed E-state index contributed by atoms with van der Waals surface area (Å²) in [5.41, 5.74) is 1.17. The highest BCUT2D eigenvalue weighted by molar-refractivity contribution is 5.81. The third-order valence-electron chi connectivity index (χ3n) is 4.82. The molecule has 0 aliphatic carbocycles. The number of aryl methyl sites for hydroxylation is 2. The summed E-state index contributed by atoms with van der Waals surface area (Å²) in [7, 11) is 0. The molecule has 0 radical (unpaired) electrons. The SMILES string of the molecule is O=C(NCc1nnc2n1CCCCC2)C1CCc2ccccc2O1. The monoisotopic (exact) mass is 326 g/mol. The Hall–Kier alpha value is -2.37. The topological polar surface area (TPSA) is 69.0 Å². The number of ether oxygens (including phenoxy) is 1. The zero-order valence-corrected chi connectivity index (χ0v) is 13.7. The fourth-order valence-electron chi connectivity index (χ4n) is 3.46. The van der Waals surface area contributed by atoms with E-state index in [2.05, 4.69) is 26.1 Å². The fourth-order valence-corrected chi connectivity index (χ4v) is 3.46. The summed E-state index contributed by atoms with van der Waals surface area (Å²) in [6.07, 6.45) is 5.67. The van der Waals surface area contributed by atoms with Gasteiger partial charge in [-0.1, -0.05) is 24.6 Å². The first kappa shape index (κ1) is 15.2. The number of benzene rings is 1. The summed E-state index contributed by atoms with van der Waals surface area (Å²) in [6, 6.07) is 7.91. The van der Waals surface area contributed by atoms with Crippen molar-refractivity contribution in [1.29, 1.82) is 0 Å². The van der Waals surface area contributed by atoms with E-state index in [1.54, 1.807) is 0 Å². The van der Waals surface area contributed by atoms with Gasteiger partial charge in [0.15, 0.2) is 11.9 Å². The average molecular weight is 326 g/mol. The molecule has 0 saturated carbocycles. The lowest BCUT2D eigenvalue weighted by atomic mass is 10.0. The first-order valence-corrected chi connectivity index (χ1v) is 8.74. The van der Waals surface area contributed by atoms with Crippen molar-refractivity contribution in [3.63, 3.8) is 0 Å². The molecule has 24 heavy (non-hydrogen) atoms. The van der Waals surface area contributed by atoms with Crippen molar-refractivity contribution < 1.29 is 9.53 Å². The van der Waals surface area contributed by atoms with E-state index >= 15 is 0 Å². The summed E-state index contributed by atoms with van der Waals surface area (Å²) in [5, 5.41) is 11.5.